The zero-order valence-corrected chi connectivity index (χ0v) is 18.4. The van der Waals surface area contributed by atoms with Crippen molar-refractivity contribution in [2.75, 3.05) is 11.9 Å². The number of hydrogen-bond donors (Lipinski definition) is 1. The molecule has 30 heavy (non-hydrogen) atoms. The zero-order valence-electron chi connectivity index (χ0n) is 16.8. The van der Waals surface area contributed by atoms with Gasteiger partial charge < -0.3 is 5.32 Å². The average molecular weight is 443 g/mol. The molecule has 3 rings (SSSR count). The molecule has 0 fully saturated rings. The summed E-state index contributed by atoms with van der Waals surface area (Å²) in [4.78, 5) is 12.7. The van der Waals surface area contributed by atoms with Gasteiger partial charge in [-0.05, 0) is 61.0 Å². The van der Waals surface area contributed by atoms with Crippen LogP contribution < -0.4 is 5.32 Å². The van der Waals surface area contributed by atoms with E-state index in [1.54, 1.807) is 79.7 Å². The number of nitrogens with zero attached hydrogens (tertiary/aromatic N) is 1. The van der Waals surface area contributed by atoms with E-state index in [0.717, 1.165) is 11.1 Å². The largest absolute Gasteiger partial charge is 0.322 e. The van der Waals surface area contributed by atoms with Gasteiger partial charge in [-0.15, -0.1) is 0 Å². The number of carbonyl (C=O) groups excluding carboxylic acids is 1. The minimum Gasteiger partial charge on any atom is -0.322 e. The van der Waals surface area contributed by atoms with E-state index < -0.39 is 10.0 Å². The van der Waals surface area contributed by atoms with Gasteiger partial charge in [0.2, 0.25) is 10.0 Å². The second kappa shape index (κ2) is 9.43. The number of anilines is 1. The third kappa shape index (κ3) is 5.27. The van der Waals surface area contributed by atoms with E-state index >= 15 is 0 Å². The molecule has 1 amide bonds. The standard InChI is InChI=1S/C23H23ClN2O3S/c1-3-26(30(28,29)22-14-4-17(2)5-15-22)16-18-6-8-19(9-7-18)23(27)25-21-12-10-20(24)11-13-21/h4-15H,3,16H2,1-2H3,(H,25,27). The Hall–Kier alpha value is -2.67. The number of nitrogens with one attached hydrogen (secondary N) is 1. The zero-order chi connectivity index (χ0) is 21.7. The van der Waals surface area contributed by atoms with Crippen molar-refractivity contribution in [3.05, 3.63) is 94.5 Å². The minimum atomic E-state index is -3.59. The molecule has 0 unspecified atom stereocenters. The van der Waals surface area contributed by atoms with Gasteiger partial charge in [-0.1, -0.05) is 48.4 Å². The highest BCUT2D eigenvalue weighted by Crippen LogP contribution is 2.20. The molecule has 0 aliphatic carbocycles. The van der Waals surface area contributed by atoms with Gasteiger partial charge in [0, 0.05) is 29.4 Å². The molecule has 0 bridgehead atoms. The van der Waals surface area contributed by atoms with Gasteiger partial charge in [0.05, 0.1) is 4.90 Å². The molecule has 0 aromatic heterocycles. The first-order valence-corrected chi connectivity index (χ1v) is 11.3. The number of hydrogen-bond acceptors (Lipinski definition) is 3. The van der Waals surface area contributed by atoms with Crippen molar-refractivity contribution < 1.29 is 13.2 Å². The maximum absolute atomic E-state index is 12.9. The second-order valence-corrected chi connectivity index (χ2v) is 9.28. The predicted octanol–water partition coefficient (Wildman–Crippen LogP) is 5.11. The summed E-state index contributed by atoms with van der Waals surface area (Å²) in [5.41, 5.74) is 2.94. The Balaban J connectivity index is 1.71. The molecular formula is C23H23ClN2O3S. The van der Waals surface area contributed by atoms with Gasteiger partial charge in [-0.3, -0.25) is 4.79 Å². The summed E-state index contributed by atoms with van der Waals surface area (Å²) in [6.07, 6.45) is 0. The summed E-state index contributed by atoms with van der Waals surface area (Å²) < 4.78 is 27.3. The van der Waals surface area contributed by atoms with Crippen molar-refractivity contribution in [3.63, 3.8) is 0 Å². The lowest BCUT2D eigenvalue weighted by atomic mass is 10.1. The molecule has 0 aliphatic rings. The van der Waals surface area contributed by atoms with Crippen LogP contribution in [-0.4, -0.2) is 25.2 Å². The highest BCUT2D eigenvalue weighted by molar-refractivity contribution is 7.89. The van der Waals surface area contributed by atoms with Gasteiger partial charge in [0.25, 0.3) is 5.91 Å². The number of sulfonamides is 1. The molecule has 5 nitrogen and oxygen atoms in total. The normalized spacial score (nSPS) is 11.5. The first-order valence-electron chi connectivity index (χ1n) is 9.52. The van der Waals surface area contributed by atoms with Crippen molar-refractivity contribution in [1.82, 2.24) is 4.31 Å². The van der Waals surface area contributed by atoms with Crippen molar-refractivity contribution in [3.8, 4) is 0 Å². The first kappa shape index (κ1) is 22.0. The number of halogens is 1. The average Bonchev–Trinajstić information content (AvgIpc) is 2.74. The molecule has 1 N–H and O–H groups in total. The van der Waals surface area contributed by atoms with Gasteiger partial charge >= 0.3 is 0 Å². The molecule has 0 spiro atoms. The van der Waals surface area contributed by atoms with Gasteiger partial charge in [0.15, 0.2) is 0 Å². The molecule has 3 aromatic carbocycles. The molecule has 0 aliphatic heterocycles. The Morgan fingerprint density at radius 1 is 0.933 bits per heavy atom. The van der Waals surface area contributed by atoms with Crippen molar-refractivity contribution in [1.29, 1.82) is 0 Å². The van der Waals surface area contributed by atoms with E-state index in [1.165, 1.54) is 4.31 Å². The van der Waals surface area contributed by atoms with Crippen LogP contribution in [0.25, 0.3) is 0 Å². The number of carbonyl (C=O) groups is 1. The van der Waals surface area contributed by atoms with Crippen LogP contribution in [0.1, 0.15) is 28.4 Å². The molecule has 0 radical (unpaired) electrons. The summed E-state index contributed by atoms with van der Waals surface area (Å²) in [6, 6.07) is 20.6. The van der Waals surface area contributed by atoms with Crippen molar-refractivity contribution >= 4 is 33.2 Å². The molecule has 0 saturated heterocycles. The van der Waals surface area contributed by atoms with E-state index in [0.29, 0.717) is 22.8 Å². The summed E-state index contributed by atoms with van der Waals surface area (Å²) in [5, 5.41) is 3.40. The van der Waals surface area contributed by atoms with E-state index in [4.69, 9.17) is 11.6 Å². The Morgan fingerprint density at radius 2 is 1.53 bits per heavy atom. The molecular weight excluding hydrogens is 420 g/mol. The molecule has 0 atom stereocenters. The van der Waals surface area contributed by atoms with Crippen LogP contribution in [0.2, 0.25) is 5.02 Å². The lowest BCUT2D eigenvalue weighted by Crippen LogP contribution is -2.30. The fraction of sp³-hybridized carbons (Fsp3) is 0.174. The topological polar surface area (TPSA) is 66.5 Å². The number of aryl methyl sites for hydroxylation is 1. The fourth-order valence-electron chi connectivity index (χ4n) is 2.93. The summed E-state index contributed by atoms with van der Waals surface area (Å²) in [6.45, 7) is 4.29. The number of amides is 1. The Kier molecular flexibility index (Phi) is 6.92. The van der Waals surface area contributed by atoms with Gasteiger partial charge in [-0.2, -0.15) is 4.31 Å². The van der Waals surface area contributed by atoms with Gasteiger partial charge in [-0.25, -0.2) is 8.42 Å². The fourth-order valence-corrected chi connectivity index (χ4v) is 4.49. The maximum atomic E-state index is 12.9. The van der Waals surface area contributed by atoms with E-state index in [9.17, 15) is 13.2 Å². The molecule has 0 heterocycles. The van der Waals surface area contributed by atoms with Crippen LogP contribution in [0.5, 0.6) is 0 Å². The van der Waals surface area contributed by atoms with Gasteiger partial charge in [0.1, 0.15) is 0 Å². The molecule has 7 heteroatoms. The maximum Gasteiger partial charge on any atom is 0.255 e. The van der Waals surface area contributed by atoms with Crippen LogP contribution in [-0.2, 0) is 16.6 Å². The lowest BCUT2D eigenvalue weighted by molar-refractivity contribution is 0.102. The molecule has 3 aromatic rings. The van der Waals surface area contributed by atoms with Crippen molar-refractivity contribution in [2.24, 2.45) is 0 Å². The minimum absolute atomic E-state index is 0.228. The third-order valence-electron chi connectivity index (χ3n) is 4.69. The monoisotopic (exact) mass is 442 g/mol. The highest BCUT2D eigenvalue weighted by Gasteiger charge is 2.23. The predicted molar refractivity (Wildman–Crippen MR) is 120 cm³/mol. The van der Waals surface area contributed by atoms with E-state index in [2.05, 4.69) is 5.32 Å². The molecule has 0 saturated carbocycles. The first-order chi connectivity index (χ1) is 14.3. The number of benzene rings is 3. The SMILES string of the molecule is CCN(Cc1ccc(C(=O)Nc2ccc(Cl)cc2)cc1)S(=O)(=O)c1ccc(C)cc1. The van der Waals surface area contributed by atoms with E-state index in [-0.39, 0.29) is 17.3 Å². The Labute approximate surface area is 182 Å². The van der Waals surface area contributed by atoms with Crippen LogP contribution in [0.15, 0.2) is 77.7 Å². The molecule has 156 valence electrons. The summed E-state index contributed by atoms with van der Waals surface area (Å²) >= 11 is 5.85. The lowest BCUT2D eigenvalue weighted by Gasteiger charge is -2.21. The van der Waals surface area contributed by atoms with Crippen LogP contribution in [0, 0.1) is 6.92 Å². The summed E-state index contributed by atoms with van der Waals surface area (Å²) in [7, 11) is -3.59. The van der Waals surface area contributed by atoms with E-state index in [1.807, 2.05) is 6.92 Å². The van der Waals surface area contributed by atoms with Crippen LogP contribution in [0.3, 0.4) is 0 Å². The second-order valence-electron chi connectivity index (χ2n) is 6.90. The van der Waals surface area contributed by atoms with Crippen LogP contribution >= 0.6 is 11.6 Å². The smallest absolute Gasteiger partial charge is 0.255 e. The third-order valence-corrected chi connectivity index (χ3v) is 6.88. The van der Waals surface area contributed by atoms with Crippen LogP contribution in [0.4, 0.5) is 5.69 Å². The summed E-state index contributed by atoms with van der Waals surface area (Å²) in [5.74, 6) is -0.247. The Bertz CT molecular complexity index is 1110. The quantitative estimate of drug-likeness (QED) is 0.552. The number of rotatable bonds is 7. The van der Waals surface area contributed by atoms with Crippen molar-refractivity contribution in [2.45, 2.75) is 25.3 Å². The highest BCUT2D eigenvalue weighted by atomic mass is 35.5. The Morgan fingerprint density at radius 3 is 2.10 bits per heavy atom.